The summed E-state index contributed by atoms with van der Waals surface area (Å²) in [7, 11) is 0. The van der Waals surface area contributed by atoms with Gasteiger partial charge in [-0.3, -0.25) is 5.10 Å². The molecule has 0 bridgehead atoms. The number of halogens is 1. The molecule has 0 saturated heterocycles. The van der Waals surface area contributed by atoms with Gasteiger partial charge in [-0.1, -0.05) is 23.2 Å². The largest absolute Gasteiger partial charge is 0.337 e. The molecule has 3 rings (SSSR count). The van der Waals surface area contributed by atoms with Gasteiger partial charge in [-0.05, 0) is 31.2 Å². The molecule has 0 aliphatic carbocycles. The molecule has 0 aliphatic heterocycles. The minimum atomic E-state index is 0.475. The standard InChI is InChI=1S/C13H11ClN4/c1-8-2-4-11-10(6-8)13(18-17-11)16-9-3-5-12(14)15-7-9/h2-7H,1H3,(H2,16,17,18). The number of H-pyrrole nitrogens is 1. The highest BCUT2D eigenvalue weighted by atomic mass is 35.5. The molecule has 0 fully saturated rings. The van der Waals surface area contributed by atoms with Crippen LogP contribution in [0.1, 0.15) is 5.56 Å². The average molecular weight is 259 g/mol. The smallest absolute Gasteiger partial charge is 0.160 e. The predicted octanol–water partition coefficient (Wildman–Crippen LogP) is 3.66. The van der Waals surface area contributed by atoms with Crippen molar-refractivity contribution in [3.63, 3.8) is 0 Å². The van der Waals surface area contributed by atoms with Crippen LogP contribution in [0.5, 0.6) is 0 Å². The van der Waals surface area contributed by atoms with E-state index in [0.717, 1.165) is 22.4 Å². The van der Waals surface area contributed by atoms with E-state index in [1.807, 2.05) is 18.2 Å². The maximum absolute atomic E-state index is 5.75. The first kappa shape index (κ1) is 11.0. The molecule has 0 saturated carbocycles. The number of aromatic nitrogens is 3. The zero-order valence-corrected chi connectivity index (χ0v) is 10.5. The topological polar surface area (TPSA) is 53.6 Å². The Labute approximate surface area is 109 Å². The first-order valence-corrected chi connectivity index (χ1v) is 5.93. The van der Waals surface area contributed by atoms with Crippen molar-refractivity contribution >= 4 is 34.0 Å². The van der Waals surface area contributed by atoms with Crippen LogP contribution >= 0.6 is 11.6 Å². The summed E-state index contributed by atoms with van der Waals surface area (Å²) in [5.74, 6) is 0.790. The average Bonchev–Trinajstić information content (AvgIpc) is 2.75. The van der Waals surface area contributed by atoms with E-state index < -0.39 is 0 Å². The summed E-state index contributed by atoms with van der Waals surface area (Å²) in [6.45, 7) is 2.06. The summed E-state index contributed by atoms with van der Waals surface area (Å²) in [4.78, 5) is 4.02. The summed E-state index contributed by atoms with van der Waals surface area (Å²) in [6, 6.07) is 9.76. The van der Waals surface area contributed by atoms with Gasteiger partial charge in [-0.15, -0.1) is 0 Å². The van der Waals surface area contributed by atoms with Crippen LogP contribution in [-0.4, -0.2) is 15.2 Å². The molecule has 0 unspecified atom stereocenters. The molecule has 2 heterocycles. The first-order valence-electron chi connectivity index (χ1n) is 5.56. The lowest BCUT2D eigenvalue weighted by molar-refractivity contribution is 1.12. The molecule has 5 heteroatoms. The van der Waals surface area contributed by atoms with Gasteiger partial charge in [0.1, 0.15) is 5.15 Å². The number of hydrogen-bond donors (Lipinski definition) is 2. The fraction of sp³-hybridized carbons (Fsp3) is 0.0769. The highest BCUT2D eigenvalue weighted by Crippen LogP contribution is 2.24. The van der Waals surface area contributed by atoms with Crippen LogP contribution in [0.3, 0.4) is 0 Å². The molecule has 1 aromatic carbocycles. The van der Waals surface area contributed by atoms with Crippen LogP contribution in [0.2, 0.25) is 5.15 Å². The third-order valence-electron chi connectivity index (χ3n) is 2.71. The third-order valence-corrected chi connectivity index (χ3v) is 2.93. The number of nitrogens with one attached hydrogen (secondary N) is 2. The Balaban J connectivity index is 1.99. The number of anilines is 2. The van der Waals surface area contributed by atoms with E-state index >= 15 is 0 Å². The minimum Gasteiger partial charge on any atom is -0.337 e. The number of hydrogen-bond acceptors (Lipinski definition) is 3. The second-order valence-electron chi connectivity index (χ2n) is 4.12. The van der Waals surface area contributed by atoms with Gasteiger partial charge in [-0.2, -0.15) is 5.10 Å². The Morgan fingerprint density at radius 3 is 2.89 bits per heavy atom. The molecule has 2 aromatic heterocycles. The van der Waals surface area contributed by atoms with Crippen LogP contribution in [0.15, 0.2) is 36.5 Å². The highest BCUT2D eigenvalue weighted by Gasteiger charge is 2.05. The van der Waals surface area contributed by atoms with Gasteiger partial charge in [0.25, 0.3) is 0 Å². The number of nitrogens with zero attached hydrogens (tertiary/aromatic N) is 2. The van der Waals surface area contributed by atoms with E-state index in [-0.39, 0.29) is 0 Å². The summed E-state index contributed by atoms with van der Waals surface area (Å²) in [5.41, 5.74) is 3.06. The van der Waals surface area contributed by atoms with Gasteiger partial charge in [-0.25, -0.2) is 4.98 Å². The number of benzene rings is 1. The van der Waals surface area contributed by atoms with Gasteiger partial charge < -0.3 is 5.32 Å². The molecule has 0 aliphatic rings. The molecule has 90 valence electrons. The Hall–Kier alpha value is -2.07. The number of fused-ring (bicyclic) bond motifs is 1. The van der Waals surface area contributed by atoms with E-state index in [1.165, 1.54) is 5.56 Å². The van der Waals surface area contributed by atoms with Gasteiger partial charge in [0.05, 0.1) is 17.4 Å². The third kappa shape index (κ3) is 2.02. The van der Waals surface area contributed by atoms with Crippen LogP contribution in [0.4, 0.5) is 11.5 Å². The van der Waals surface area contributed by atoms with Crippen LogP contribution in [0, 0.1) is 6.92 Å². The predicted molar refractivity (Wildman–Crippen MR) is 73.4 cm³/mol. The zero-order chi connectivity index (χ0) is 12.5. The van der Waals surface area contributed by atoms with E-state index in [9.17, 15) is 0 Å². The molecule has 18 heavy (non-hydrogen) atoms. The first-order chi connectivity index (χ1) is 8.72. The maximum atomic E-state index is 5.75. The van der Waals surface area contributed by atoms with Gasteiger partial charge in [0.15, 0.2) is 5.82 Å². The normalized spacial score (nSPS) is 10.8. The van der Waals surface area contributed by atoms with Crippen LogP contribution in [-0.2, 0) is 0 Å². The molecule has 0 atom stereocenters. The van der Waals surface area contributed by atoms with Gasteiger partial charge >= 0.3 is 0 Å². The van der Waals surface area contributed by atoms with E-state index in [1.54, 1.807) is 12.3 Å². The van der Waals surface area contributed by atoms with Gasteiger partial charge in [0.2, 0.25) is 0 Å². The Morgan fingerprint density at radius 1 is 1.22 bits per heavy atom. The van der Waals surface area contributed by atoms with Crippen molar-refractivity contribution in [3.8, 4) is 0 Å². The highest BCUT2D eigenvalue weighted by molar-refractivity contribution is 6.29. The Kier molecular flexibility index (Phi) is 2.64. The summed E-state index contributed by atoms with van der Waals surface area (Å²) in [5, 5.41) is 12.0. The van der Waals surface area contributed by atoms with Crippen LogP contribution in [0.25, 0.3) is 10.9 Å². The van der Waals surface area contributed by atoms with Gasteiger partial charge in [0, 0.05) is 5.39 Å². The maximum Gasteiger partial charge on any atom is 0.160 e. The Bertz CT molecular complexity index is 688. The molecule has 0 radical (unpaired) electrons. The zero-order valence-electron chi connectivity index (χ0n) is 9.74. The van der Waals surface area contributed by atoms with Crippen molar-refractivity contribution in [2.75, 3.05) is 5.32 Å². The quantitative estimate of drug-likeness (QED) is 0.690. The van der Waals surface area contributed by atoms with Crippen molar-refractivity contribution in [1.29, 1.82) is 0 Å². The SMILES string of the molecule is Cc1ccc2[nH]nc(Nc3ccc(Cl)nc3)c2c1. The van der Waals surface area contributed by atoms with E-state index in [4.69, 9.17) is 11.6 Å². The van der Waals surface area contributed by atoms with Crippen molar-refractivity contribution in [2.24, 2.45) is 0 Å². The second-order valence-corrected chi connectivity index (χ2v) is 4.50. The number of aromatic amines is 1. The fourth-order valence-corrected chi connectivity index (χ4v) is 1.92. The summed E-state index contributed by atoms with van der Waals surface area (Å²) < 4.78 is 0. The number of rotatable bonds is 2. The molecule has 4 nitrogen and oxygen atoms in total. The molecular weight excluding hydrogens is 248 g/mol. The van der Waals surface area contributed by atoms with E-state index in [0.29, 0.717) is 5.15 Å². The van der Waals surface area contributed by atoms with Crippen molar-refractivity contribution in [3.05, 3.63) is 47.2 Å². The summed E-state index contributed by atoms with van der Waals surface area (Å²) >= 11 is 5.75. The van der Waals surface area contributed by atoms with Crippen LogP contribution < -0.4 is 5.32 Å². The lowest BCUT2D eigenvalue weighted by atomic mass is 10.2. The lowest BCUT2D eigenvalue weighted by Crippen LogP contribution is -1.91. The van der Waals surface area contributed by atoms with Crippen molar-refractivity contribution in [1.82, 2.24) is 15.2 Å². The van der Waals surface area contributed by atoms with Crippen molar-refractivity contribution in [2.45, 2.75) is 6.92 Å². The van der Waals surface area contributed by atoms with E-state index in [2.05, 4.69) is 33.5 Å². The monoisotopic (exact) mass is 258 g/mol. The second kappa shape index (κ2) is 4.31. The summed E-state index contributed by atoms with van der Waals surface area (Å²) in [6.07, 6.45) is 1.68. The number of aryl methyl sites for hydroxylation is 1. The Morgan fingerprint density at radius 2 is 2.11 bits per heavy atom. The molecular formula is C13H11ClN4. The molecule has 3 aromatic rings. The fourth-order valence-electron chi connectivity index (χ4n) is 1.81. The molecule has 0 spiro atoms. The van der Waals surface area contributed by atoms with Crippen molar-refractivity contribution < 1.29 is 0 Å². The molecule has 2 N–H and O–H groups in total. The minimum absolute atomic E-state index is 0.475. The lowest BCUT2D eigenvalue weighted by Gasteiger charge is -2.03. The number of pyridine rings is 1. The molecule has 0 amide bonds.